The third-order valence-electron chi connectivity index (χ3n) is 8.79. The summed E-state index contributed by atoms with van der Waals surface area (Å²) >= 11 is 0. The van der Waals surface area contributed by atoms with Crippen molar-refractivity contribution < 1.29 is 4.79 Å². The standard InChI is InChI=1S/C33H35N4O.Mg/c1-8-11-22-18(6)26-13-24-16(4)20(9-2)28(34-24)14-25-17(5)21(10-3)29(35-25)15-27-19(7)31-30(38)12-23(32(22)36-26)33(31)37-27;/h9,13-15,18,22H,2,8,10-12H2,1,3-7H3,(H-,36,37,38);/q-3;+2/p-1/b25-14-,26-13-,29-15-;/t18-,22-;/m0./s1. The quantitative estimate of drug-likeness (QED) is 0.446. The van der Waals surface area contributed by atoms with Crippen LogP contribution in [0.1, 0.15) is 101 Å². The van der Waals surface area contributed by atoms with Crippen LogP contribution < -0.4 is 25.7 Å². The maximum absolute atomic E-state index is 13.3. The van der Waals surface area contributed by atoms with E-state index < -0.39 is 0 Å². The van der Waals surface area contributed by atoms with Gasteiger partial charge in [0.25, 0.3) is 0 Å². The first-order chi connectivity index (χ1) is 18.3. The van der Waals surface area contributed by atoms with Crippen LogP contribution in [0.5, 0.6) is 0 Å². The van der Waals surface area contributed by atoms with Gasteiger partial charge in [-0.2, -0.15) is 11.4 Å². The number of hydrogen-bond acceptors (Lipinski definition) is 1. The Hall–Kier alpha value is -2.96. The Morgan fingerprint density at radius 3 is 2.36 bits per heavy atom. The van der Waals surface area contributed by atoms with Gasteiger partial charge in [-0.05, 0) is 51.0 Å². The molecule has 0 spiro atoms. The van der Waals surface area contributed by atoms with E-state index in [0.29, 0.717) is 6.42 Å². The Labute approximate surface area is 246 Å². The molecule has 3 aromatic rings. The number of carbonyl (C=O) groups is 1. The molecule has 6 heteroatoms. The van der Waals surface area contributed by atoms with Gasteiger partial charge in [0, 0.05) is 12.0 Å². The topological polar surface area (TPSA) is 73.5 Å². The SMILES string of the molecule is C=Cc1c2[n-]c(c1C)/C=C1\[N-]/C(=C3/CC(=O)c4c3[n-]c(c4C)/C=c3\[n-]/c(c(C)c3CC)=C\2)[C@@H](CCC)[C@@H]1C.[Mg+2]. The van der Waals surface area contributed by atoms with E-state index in [0.717, 1.165) is 97.5 Å². The molecule has 196 valence electrons. The summed E-state index contributed by atoms with van der Waals surface area (Å²) in [6.45, 7) is 17.0. The third-order valence-corrected chi connectivity index (χ3v) is 8.79. The first-order valence-corrected chi connectivity index (χ1v) is 13.8. The third kappa shape index (κ3) is 4.15. The van der Waals surface area contributed by atoms with Gasteiger partial charge < -0.3 is 20.3 Å². The molecule has 3 aliphatic rings. The molecule has 1 fully saturated rings. The van der Waals surface area contributed by atoms with Crippen molar-refractivity contribution in [3.63, 3.8) is 0 Å². The van der Waals surface area contributed by atoms with Crippen molar-refractivity contribution in [1.29, 1.82) is 0 Å². The van der Waals surface area contributed by atoms with Gasteiger partial charge in [0.05, 0.1) is 0 Å². The molecule has 8 bridgehead atoms. The second kappa shape index (κ2) is 10.2. The molecule has 1 saturated heterocycles. The average Bonchev–Trinajstić information content (AvgIpc) is 3.63. The van der Waals surface area contributed by atoms with Crippen LogP contribution in [-0.2, 0) is 6.42 Å². The fourth-order valence-corrected chi connectivity index (χ4v) is 6.58. The number of ketones is 1. The Bertz CT molecular complexity index is 1700. The summed E-state index contributed by atoms with van der Waals surface area (Å²) in [4.78, 5) is 28.5. The van der Waals surface area contributed by atoms with Gasteiger partial charge in [0.15, 0.2) is 5.78 Å². The smallest absolute Gasteiger partial charge is 0.664 e. The van der Waals surface area contributed by atoms with Crippen molar-refractivity contribution in [2.45, 2.75) is 67.2 Å². The molecular weight excluding hydrogens is 493 g/mol. The predicted molar refractivity (Wildman–Crippen MR) is 160 cm³/mol. The summed E-state index contributed by atoms with van der Waals surface area (Å²) in [6, 6.07) is 0. The van der Waals surface area contributed by atoms with E-state index in [4.69, 9.17) is 20.3 Å². The molecule has 1 aliphatic carbocycles. The molecule has 39 heavy (non-hydrogen) atoms. The molecule has 0 N–H and O–H groups in total. The van der Waals surface area contributed by atoms with E-state index in [1.165, 1.54) is 5.56 Å². The van der Waals surface area contributed by atoms with Gasteiger partial charge in [-0.3, -0.25) is 4.79 Å². The monoisotopic (exact) mass is 526 g/mol. The van der Waals surface area contributed by atoms with Crippen LogP contribution in [0.4, 0.5) is 0 Å². The van der Waals surface area contributed by atoms with Crippen LogP contribution in [0, 0.1) is 32.6 Å². The zero-order chi connectivity index (χ0) is 26.9. The Morgan fingerprint density at radius 2 is 1.67 bits per heavy atom. The van der Waals surface area contributed by atoms with Crippen LogP contribution in [0.2, 0.25) is 0 Å². The van der Waals surface area contributed by atoms with E-state index >= 15 is 0 Å². The van der Waals surface area contributed by atoms with Crippen molar-refractivity contribution in [3.8, 4) is 0 Å². The largest absolute Gasteiger partial charge is 2.00 e. The summed E-state index contributed by atoms with van der Waals surface area (Å²) in [5.74, 6) is 0.640. The average molecular weight is 527 g/mol. The van der Waals surface area contributed by atoms with Crippen LogP contribution in [-0.4, -0.2) is 28.8 Å². The number of fused-ring (bicyclic) bond motifs is 7. The normalized spacial score (nSPS) is 24.3. The van der Waals surface area contributed by atoms with Crippen molar-refractivity contribution in [2.24, 2.45) is 11.8 Å². The molecule has 2 aliphatic heterocycles. The molecular formula is C33H34MgN4O-2. The second-order valence-electron chi connectivity index (χ2n) is 10.9. The van der Waals surface area contributed by atoms with E-state index in [9.17, 15) is 4.79 Å². The van der Waals surface area contributed by atoms with Gasteiger partial charge in [-0.15, -0.1) is 33.5 Å². The van der Waals surface area contributed by atoms with Crippen molar-refractivity contribution in [1.82, 2.24) is 15.0 Å². The number of allylic oxidation sites excluding steroid dienone is 3. The van der Waals surface area contributed by atoms with Gasteiger partial charge >= 0.3 is 23.1 Å². The number of carbonyl (C=O) groups excluding carboxylic acids is 1. The number of Topliss-reactive ketones (excluding diaryl/α,β-unsaturated/α-hetero) is 1. The summed E-state index contributed by atoms with van der Waals surface area (Å²) in [5.41, 5.74) is 12.7. The Morgan fingerprint density at radius 1 is 0.949 bits per heavy atom. The number of aromatic nitrogens is 3. The van der Waals surface area contributed by atoms with Crippen molar-refractivity contribution >= 4 is 58.7 Å². The molecule has 6 rings (SSSR count). The van der Waals surface area contributed by atoms with Crippen LogP contribution in [0.25, 0.3) is 35.2 Å². The molecule has 0 unspecified atom stereocenters. The summed E-state index contributed by atoms with van der Waals surface area (Å²) in [6.07, 6.45) is 11.5. The van der Waals surface area contributed by atoms with Crippen LogP contribution in [0.3, 0.4) is 0 Å². The molecule has 5 nitrogen and oxygen atoms in total. The minimum Gasteiger partial charge on any atom is -0.664 e. The van der Waals surface area contributed by atoms with Gasteiger partial charge in [0.1, 0.15) is 0 Å². The molecule has 0 aromatic carbocycles. The van der Waals surface area contributed by atoms with Crippen LogP contribution in [0.15, 0.2) is 18.0 Å². The fraction of sp³-hybridized carbons (Fsp3) is 0.364. The molecule has 0 saturated carbocycles. The molecule has 2 atom stereocenters. The summed E-state index contributed by atoms with van der Waals surface area (Å²) < 4.78 is 0. The number of nitrogens with zero attached hydrogens (tertiary/aromatic N) is 4. The van der Waals surface area contributed by atoms with Crippen LogP contribution >= 0.6 is 0 Å². The fourth-order valence-electron chi connectivity index (χ4n) is 6.58. The van der Waals surface area contributed by atoms with E-state index in [1.54, 1.807) is 0 Å². The zero-order valence-corrected chi connectivity index (χ0v) is 25.3. The molecule has 0 radical (unpaired) electrons. The van der Waals surface area contributed by atoms with E-state index in [2.05, 4.69) is 59.4 Å². The first kappa shape index (κ1) is 27.6. The predicted octanol–water partition coefficient (Wildman–Crippen LogP) is 5.06. The Balaban J connectivity index is 0.00000308. The number of rotatable bonds is 4. The van der Waals surface area contributed by atoms with Crippen molar-refractivity contribution in [2.75, 3.05) is 0 Å². The summed E-state index contributed by atoms with van der Waals surface area (Å²) in [7, 11) is 0. The van der Waals surface area contributed by atoms with Crippen molar-refractivity contribution in [3.05, 3.63) is 90.1 Å². The van der Waals surface area contributed by atoms with Gasteiger partial charge in [-0.25, -0.2) is 0 Å². The van der Waals surface area contributed by atoms with Gasteiger partial charge in [0.2, 0.25) is 0 Å². The minimum atomic E-state index is 0. The first-order valence-electron chi connectivity index (χ1n) is 13.8. The molecule has 5 heterocycles. The van der Waals surface area contributed by atoms with E-state index in [-0.39, 0.29) is 40.7 Å². The molecule has 0 amide bonds. The zero-order valence-electron chi connectivity index (χ0n) is 23.9. The second-order valence-corrected chi connectivity index (χ2v) is 10.9. The van der Waals surface area contributed by atoms with Gasteiger partial charge in [-0.1, -0.05) is 85.9 Å². The number of hydrogen-bond donors (Lipinski definition) is 0. The summed E-state index contributed by atoms with van der Waals surface area (Å²) in [5, 5.41) is 7.04. The Kier molecular flexibility index (Phi) is 7.23. The maximum atomic E-state index is 13.3. The van der Waals surface area contributed by atoms with E-state index in [1.807, 2.05) is 13.0 Å². The maximum Gasteiger partial charge on any atom is 2.00 e. The minimum absolute atomic E-state index is 0. The molecule has 3 aromatic heterocycles.